The quantitative estimate of drug-likeness (QED) is 0.915. The second-order valence-corrected chi connectivity index (χ2v) is 4.61. The van der Waals surface area contributed by atoms with Crippen molar-refractivity contribution in [2.75, 3.05) is 24.3 Å². The molecule has 0 spiro atoms. The molecule has 2 rings (SSSR count). The van der Waals surface area contributed by atoms with E-state index in [4.69, 9.17) is 5.26 Å². The van der Waals surface area contributed by atoms with E-state index in [-0.39, 0.29) is 0 Å². The molecule has 1 aromatic heterocycles. The third-order valence-electron chi connectivity index (χ3n) is 2.98. The van der Waals surface area contributed by atoms with E-state index in [0.717, 1.165) is 22.9 Å². The minimum absolute atomic E-state index is 0.583. The summed E-state index contributed by atoms with van der Waals surface area (Å²) in [7, 11) is 5.83. The molecule has 0 bridgehead atoms. The molecule has 2 aromatic rings. The van der Waals surface area contributed by atoms with Crippen molar-refractivity contribution in [1.82, 2.24) is 9.78 Å². The Morgan fingerprint density at radius 2 is 1.89 bits per heavy atom. The van der Waals surface area contributed by atoms with Crippen molar-refractivity contribution in [2.24, 2.45) is 7.05 Å². The van der Waals surface area contributed by atoms with Gasteiger partial charge < -0.3 is 10.2 Å². The predicted octanol–water partition coefficient (Wildman–Crippen LogP) is 2.41. The fraction of sp³-hybridized carbons (Fsp3) is 0.286. The van der Waals surface area contributed by atoms with Crippen LogP contribution in [0.4, 0.5) is 17.2 Å². The molecule has 0 amide bonds. The summed E-state index contributed by atoms with van der Waals surface area (Å²) >= 11 is 0. The number of benzene rings is 1. The Labute approximate surface area is 113 Å². The lowest BCUT2D eigenvalue weighted by Gasteiger charge is -2.13. The number of nitriles is 1. The van der Waals surface area contributed by atoms with Crippen molar-refractivity contribution in [1.29, 1.82) is 5.26 Å². The molecule has 0 atom stereocenters. The molecule has 5 heteroatoms. The number of rotatable bonds is 3. The van der Waals surface area contributed by atoms with Crippen molar-refractivity contribution in [2.45, 2.75) is 6.92 Å². The van der Waals surface area contributed by atoms with E-state index >= 15 is 0 Å². The summed E-state index contributed by atoms with van der Waals surface area (Å²) in [5, 5.41) is 16.6. The third kappa shape index (κ3) is 2.52. The van der Waals surface area contributed by atoms with Gasteiger partial charge in [-0.1, -0.05) is 0 Å². The van der Waals surface area contributed by atoms with E-state index in [0.29, 0.717) is 5.56 Å². The average Bonchev–Trinajstić information content (AvgIpc) is 2.64. The highest BCUT2D eigenvalue weighted by atomic mass is 15.3. The van der Waals surface area contributed by atoms with Crippen LogP contribution < -0.4 is 10.2 Å². The third-order valence-corrected chi connectivity index (χ3v) is 2.98. The summed E-state index contributed by atoms with van der Waals surface area (Å²) in [5.74, 6) is 0.720. The van der Waals surface area contributed by atoms with Crippen LogP contribution in [0.5, 0.6) is 0 Å². The van der Waals surface area contributed by atoms with Crippen molar-refractivity contribution in [3.05, 3.63) is 35.5 Å². The van der Waals surface area contributed by atoms with Crippen molar-refractivity contribution in [3.8, 4) is 6.07 Å². The van der Waals surface area contributed by atoms with E-state index in [2.05, 4.69) is 16.5 Å². The first-order chi connectivity index (χ1) is 9.02. The first-order valence-corrected chi connectivity index (χ1v) is 6.01. The van der Waals surface area contributed by atoms with Gasteiger partial charge in [0.2, 0.25) is 0 Å². The molecule has 0 saturated carbocycles. The van der Waals surface area contributed by atoms with Crippen LogP contribution >= 0.6 is 0 Å². The molecule has 5 nitrogen and oxygen atoms in total. The molecular formula is C14H17N5. The monoisotopic (exact) mass is 255 g/mol. The molecule has 0 aliphatic carbocycles. The van der Waals surface area contributed by atoms with Gasteiger partial charge in [-0.15, -0.1) is 0 Å². The molecule has 0 fully saturated rings. The van der Waals surface area contributed by atoms with Crippen LogP contribution in [0.2, 0.25) is 0 Å². The Kier molecular flexibility index (Phi) is 3.43. The van der Waals surface area contributed by atoms with Gasteiger partial charge in [-0.25, -0.2) is 0 Å². The van der Waals surface area contributed by atoms with Crippen LogP contribution in [0.15, 0.2) is 24.3 Å². The Hall–Kier alpha value is -2.48. The van der Waals surface area contributed by atoms with Gasteiger partial charge in [0.15, 0.2) is 0 Å². The van der Waals surface area contributed by atoms with Crippen molar-refractivity contribution < 1.29 is 0 Å². The molecule has 0 radical (unpaired) electrons. The van der Waals surface area contributed by atoms with E-state index < -0.39 is 0 Å². The van der Waals surface area contributed by atoms with Crippen LogP contribution in [0, 0.1) is 18.3 Å². The lowest BCUT2D eigenvalue weighted by Crippen LogP contribution is -2.08. The molecule has 1 heterocycles. The van der Waals surface area contributed by atoms with Crippen molar-refractivity contribution in [3.63, 3.8) is 0 Å². The topological polar surface area (TPSA) is 56.9 Å². The Morgan fingerprint density at radius 1 is 1.26 bits per heavy atom. The zero-order valence-electron chi connectivity index (χ0n) is 11.6. The van der Waals surface area contributed by atoms with E-state index in [1.807, 2.05) is 57.2 Å². The second-order valence-electron chi connectivity index (χ2n) is 4.61. The molecule has 19 heavy (non-hydrogen) atoms. The SMILES string of the molecule is Cc1nn(C)c(Nc2ccc(N(C)C)cc2)c1C#N. The normalized spacial score (nSPS) is 10.1. The Bertz CT molecular complexity index is 617. The van der Waals surface area contributed by atoms with Crippen LogP contribution in [0.1, 0.15) is 11.3 Å². The first-order valence-electron chi connectivity index (χ1n) is 6.01. The summed E-state index contributed by atoms with van der Waals surface area (Å²) in [6.45, 7) is 1.83. The largest absolute Gasteiger partial charge is 0.378 e. The fourth-order valence-electron chi connectivity index (χ4n) is 1.92. The van der Waals surface area contributed by atoms with E-state index in [9.17, 15) is 0 Å². The number of nitrogens with one attached hydrogen (secondary N) is 1. The second kappa shape index (κ2) is 5.02. The van der Waals surface area contributed by atoms with E-state index in [1.165, 1.54) is 0 Å². The minimum atomic E-state index is 0.583. The van der Waals surface area contributed by atoms with Crippen LogP contribution in [-0.2, 0) is 7.05 Å². The lowest BCUT2D eigenvalue weighted by molar-refractivity contribution is 0.765. The number of aromatic nitrogens is 2. The summed E-state index contributed by atoms with van der Waals surface area (Å²) in [6.07, 6.45) is 0. The van der Waals surface area contributed by atoms with Gasteiger partial charge in [0, 0.05) is 32.5 Å². The summed E-state index contributed by atoms with van der Waals surface area (Å²) in [6, 6.07) is 10.2. The molecule has 0 unspecified atom stereocenters. The van der Waals surface area contributed by atoms with Gasteiger partial charge in [-0.2, -0.15) is 10.4 Å². The maximum Gasteiger partial charge on any atom is 0.146 e. The molecule has 98 valence electrons. The minimum Gasteiger partial charge on any atom is -0.378 e. The highest BCUT2D eigenvalue weighted by molar-refractivity contribution is 5.66. The number of nitrogens with zero attached hydrogens (tertiary/aromatic N) is 4. The molecule has 1 aromatic carbocycles. The Balaban J connectivity index is 2.29. The predicted molar refractivity (Wildman–Crippen MR) is 76.7 cm³/mol. The fourth-order valence-corrected chi connectivity index (χ4v) is 1.92. The van der Waals surface area contributed by atoms with Crippen LogP contribution in [0.3, 0.4) is 0 Å². The first kappa shape index (κ1) is 13.0. The smallest absolute Gasteiger partial charge is 0.146 e. The maximum atomic E-state index is 9.16. The summed E-state index contributed by atoms with van der Waals surface area (Å²) in [5.41, 5.74) is 3.38. The maximum absolute atomic E-state index is 9.16. The summed E-state index contributed by atoms with van der Waals surface area (Å²) in [4.78, 5) is 2.04. The zero-order valence-corrected chi connectivity index (χ0v) is 11.6. The number of anilines is 3. The molecule has 0 aliphatic heterocycles. The number of hydrogen-bond acceptors (Lipinski definition) is 4. The van der Waals surface area contributed by atoms with Gasteiger partial charge in [0.25, 0.3) is 0 Å². The molecule has 0 aliphatic rings. The van der Waals surface area contributed by atoms with Gasteiger partial charge in [0.1, 0.15) is 17.5 Å². The Morgan fingerprint density at radius 3 is 2.42 bits per heavy atom. The summed E-state index contributed by atoms with van der Waals surface area (Å²) < 4.78 is 1.69. The number of hydrogen-bond donors (Lipinski definition) is 1. The van der Waals surface area contributed by atoms with Gasteiger partial charge in [0.05, 0.1) is 5.69 Å². The van der Waals surface area contributed by atoms with E-state index in [1.54, 1.807) is 4.68 Å². The lowest BCUT2D eigenvalue weighted by atomic mass is 10.2. The molecule has 0 saturated heterocycles. The van der Waals surface area contributed by atoms with Gasteiger partial charge >= 0.3 is 0 Å². The highest BCUT2D eigenvalue weighted by Gasteiger charge is 2.12. The highest BCUT2D eigenvalue weighted by Crippen LogP contribution is 2.23. The standard InChI is InChI=1S/C14H17N5/c1-10-13(9-15)14(19(4)17-10)16-11-5-7-12(8-6-11)18(2)3/h5-8,16H,1-4H3. The van der Waals surface area contributed by atoms with Gasteiger partial charge in [-0.3, -0.25) is 4.68 Å². The van der Waals surface area contributed by atoms with Crippen LogP contribution in [0.25, 0.3) is 0 Å². The average molecular weight is 255 g/mol. The molecular weight excluding hydrogens is 238 g/mol. The van der Waals surface area contributed by atoms with Crippen LogP contribution in [-0.4, -0.2) is 23.9 Å². The molecule has 1 N–H and O–H groups in total. The number of aryl methyl sites for hydroxylation is 2. The van der Waals surface area contributed by atoms with Crippen molar-refractivity contribution >= 4 is 17.2 Å². The van der Waals surface area contributed by atoms with Gasteiger partial charge in [-0.05, 0) is 31.2 Å². The zero-order chi connectivity index (χ0) is 14.0.